The van der Waals surface area contributed by atoms with Crippen LogP contribution in [0.5, 0.6) is 6.01 Å². The van der Waals surface area contributed by atoms with Crippen LogP contribution < -0.4 is 26.5 Å². The summed E-state index contributed by atoms with van der Waals surface area (Å²) in [7, 11) is 1.28. The zero-order valence-corrected chi connectivity index (χ0v) is 25.3. The van der Waals surface area contributed by atoms with Gasteiger partial charge in [-0.15, -0.1) is 11.3 Å². The van der Waals surface area contributed by atoms with E-state index < -0.39 is 28.9 Å². The number of piperazine rings is 1. The Labute approximate surface area is 259 Å². The highest BCUT2D eigenvalue weighted by Crippen LogP contribution is 2.48. The molecule has 2 aromatic carbocycles. The topological polar surface area (TPSA) is 129 Å². The fraction of sp³-hybridized carbons (Fsp3) is 0.433. The van der Waals surface area contributed by atoms with Crippen molar-refractivity contribution in [3.63, 3.8) is 0 Å². The van der Waals surface area contributed by atoms with Crippen LogP contribution in [0.2, 0.25) is 0 Å². The van der Waals surface area contributed by atoms with E-state index in [4.69, 9.17) is 16.3 Å². The van der Waals surface area contributed by atoms with E-state index in [1.807, 2.05) is 16.0 Å². The van der Waals surface area contributed by atoms with Gasteiger partial charge < -0.3 is 20.7 Å². The molecule has 3 fully saturated rings. The molecule has 3 saturated heterocycles. The first kappa shape index (κ1) is 31.2. The van der Waals surface area contributed by atoms with Crippen LogP contribution in [0.4, 0.5) is 32.8 Å². The maximum atomic E-state index is 16.4. The molecule has 2 bridgehead atoms. The Kier molecular flexibility index (Phi) is 8.19. The van der Waals surface area contributed by atoms with Crippen LogP contribution in [-0.2, 0) is 6.18 Å². The van der Waals surface area contributed by atoms with Gasteiger partial charge in [0.25, 0.3) is 0 Å². The largest absolute Gasteiger partial charge is 0.467 e. The number of alkyl halides is 3. The smallest absolute Gasteiger partial charge is 0.417 e. The Hall–Kier alpha value is -3.84. The Balaban J connectivity index is 0.000000452. The molecule has 4 aromatic rings. The monoisotopic (exact) mass is 646 g/mol. The fourth-order valence-electron chi connectivity index (χ4n) is 6.44. The lowest BCUT2D eigenvalue weighted by Crippen LogP contribution is -2.51. The van der Waals surface area contributed by atoms with Gasteiger partial charge >= 0.3 is 12.2 Å². The van der Waals surface area contributed by atoms with Gasteiger partial charge in [0.2, 0.25) is 0 Å². The number of nitrogen functional groups attached to an aromatic ring is 1. The van der Waals surface area contributed by atoms with Gasteiger partial charge in [-0.05, 0) is 50.3 Å². The van der Waals surface area contributed by atoms with Gasteiger partial charge in [-0.2, -0.15) is 28.4 Å². The zero-order chi connectivity index (χ0) is 32.2. The molecule has 0 spiro atoms. The molecule has 0 radical (unpaired) electrons. The van der Waals surface area contributed by atoms with E-state index in [1.165, 1.54) is 20.0 Å². The molecule has 5 N–H and O–H groups in total. The second kappa shape index (κ2) is 11.8. The molecule has 0 aliphatic carbocycles. The number of nitrogens with one attached hydrogen (secondary N) is 1. The normalized spacial score (nSPS) is 21.7. The van der Waals surface area contributed by atoms with Crippen molar-refractivity contribution >= 4 is 43.1 Å². The third-order valence-electron chi connectivity index (χ3n) is 8.70. The van der Waals surface area contributed by atoms with Crippen molar-refractivity contribution in [1.29, 1.82) is 5.26 Å². The number of ether oxygens (including phenoxy) is 1. The summed E-state index contributed by atoms with van der Waals surface area (Å²) in [6.07, 6.45) is -0.619. The van der Waals surface area contributed by atoms with E-state index in [9.17, 15) is 22.8 Å². The third kappa shape index (κ3) is 5.60. The molecule has 238 valence electrons. The lowest BCUT2D eigenvalue weighted by molar-refractivity contribution is -0.137. The number of methoxy groups -OCH3 is 1. The SMILES string of the molecule is CC1CCCN1N.COc1nc(N2CC3CCC(C2)N3)c2cc(C(F)(F)F)c(-c3ccc(F)c4sc(N)c(C#N)c34)c(F)c2n1. The first-order chi connectivity index (χ1) is 21.4. The van der Waals surface area contributed by atoms with Crippen LogP contribution in [-0.4, -0.2) is 59.8 Å². The summed E-state index contributed by atoms with van der Waals surface area (Å²) < 4.78 is 79.7. The summed E-state index contributed by atoms with van der Waals surface area (Å²) in [5, 5.41) is 14.6. The van der Waals surface area contributed by atoms with Crippen LogP contribution in [0.1, 0.15) is 43.7 Å². The number of hydrogen-bond donors (Lipinski definition) is 3. The molecule has 3 aliphatic rings. The van der Waals surface area contributed by atoms with E-state index in [2.05, 4.69) is 22.2 Å². The third-order valence-corrected chi connectivity index (χ3v) is 9.73. The highest BCUT2D eigenvalue weighted by atomic mass is 32.1. The predicted molar refractivity (Wildman–Crippen MR) is 163 cm³/mol. The zero-order valence-electron chi connectivity index (χ0n) is 24.5. The number of aromatic nitrogens is 2. The average molecular weight is 647 g/mol. The molecule has 2 aromatic heterocycles. The molecule has 15 heteroatoms. The van der Waals surface area contributed by atoms with Crippen LogP contribution in [0.15, 0.2) is 18.2 Å². The lowest BCUT2D eigenvalue weighted by atomic mass is 9.92. The minimum absolute atomic E-state index is 0.0803. The predicted octanol–water partition coefficient (Wildman–Crippen LogP) is 5.56. The number of anilines is 2. The van der Waals surface area contributed by atoms with E-state index >= 15 is 4.39 Å². The number of thiophene rings is 1. The Morgan fingerprint density at radius 1 is 1.13 bits per heavy atom. The average Bonchev–Trinajstić information content (AvgIpc) is 3.67. The minimum atomic E-state index is -5.00. The number of hydrogen-bond acceptors (Lipinski definition) is 10. The van der Waals surface area contributed by atoms with Crippen LogP contribution in [0.3, 0.4) is 0 Å². The van der Waals surface area contributed by atoms with Gasteiger partial charge in [0, 0.05) is 54.1 Å². The summed E-state index contributed by atoms with van der Waals surface area (Å²) in [4.78, 5) is 10.2. The van der Waals surface area contributed by atoms with Crippen molar-refractivity contribution in [1.82, 2.24) is 20.3 Å². The first-order valence-corrected chi connectivity index (χ1v) is 15.3. The summed E-state index contributed by atoms with van der Waals surface area (Å²) in [5.74, 6) is 3.59. The van der Waals surface area contributed by atoms with E-state index in [-0.39, 0.29) is 61.0 Å². The number of nitrogens with zero attached hydrogens (tertiary/aromatic N) is 5. The number of nitriles is 1. The Morgan fingerprint density at radius 3 is 2.40 bits per heavy atom. The van der Waals surface area contributed by atoms with Crippen molar-refractivity contribution in [2.75, 3.05) is 37.4 Å². The maximum Gasteiger partial charge on any atom is 0.417 e. The second-order valence-corrected chi connectivity index (χ2v) is 12.6. The molecule has 3 atom stereocenters. The number of fused-ring (bicyclic) bond motifs is 4. The van der Waals surface area contributed by atoms with Crippen LogP contribution >= 0.6 is 11.3 Å². The maximum absolute atomic E-state index is 16.4. The minimum Gasteiger partial charge on any atom is -0.467 e. The van der Waals surface area contributed by atoms with Gasteiger partial charge in [-0.1, -0.05) is 6.07 Å². The number of nitrogens with two attached hydrogens (primary N) is 2. The van der Waals surface area contributed by atoms with Gasteiger partial charge in [0.1, 0.15) is 28.2 Å². The van der Waals surface area contributed by atoms with Crippen LogP contribution in [0, 0.1) is 23.0 Å². The molecule has 3 aliphatic heterocycles. The van der Waals surface area contributed by atoms with Gasteiger partial charge in [0.05, 0.1) is 22.9 Å². The quantitative estimate of drug-likeness (QED) is 0.194. The second-order valence-electron chi connectivity index (χ2n) is 11.6. The number of rotatable bonds is 3. The van der Waals surface area contributed by atoms with Crippen molar-refractivity contribution in [3.8, 4) is 23.2 Å². The van der Waals surface area contributed by atoms with E-state index in [1.54, 1.807) is 0 Å². The van der Waals surface area contributed by atoms with Gasteiger partial charge in [-0.3, -0.25) is 5.84 Å². The summed E-state index contributed by atoms with van der Waals surface area (Å²) in [6.45, 7) is 4.21. The van der Waals surface area contributed by atoms with Crippen molar-refractivity contribution < 1.29 is 26.7 Å². The highest BCUT2D eigenvalue weighted by Gasteiger charge is 2.39. The molecule has 5 heterocycles. The Bertz CT molecular complexity index is 1800. The molecular weight excluding hydrogens is 615 g/mol. The first-order valence-electron chi connectivity index (χ1n) is 14.5. The fourth-order valence-corrected chi connectivity index (χ4v) is 7.39. The number of halogens is 5. The molecule has 7 rings (SSSR count). The molecule has 0 amide bonds. The van der Waals surface area contributed by atoms with Crippen molar-refractivity contribution in [2.24, 2.45) is 5.84 Å². The highest BCUT2D eigenvalue weighted by molar-refractivity contribution is 7.23. The van der Waals surface area contributed by atoms with E-state index in [0.29, 0.717) is 30.5 Å². The lowest BCUT2D eigenvalue weighted by Gasteiger charge is -2.34. The number of benzene rings is 2. The van der Waals surface area contributed by atoms with Gasteiger partial charge in [-0.25, -0.2) is 13.8 Å². The summed E-state index contributed by atoms with van der Waals surface area (Å²) in [6, 6.07) is 5.28. The molecular formula is C30H31F5N8OS. The van der Waals surface area contributed by atoms with Crippen molar-refractivity contribution in [2.45, 2.75) is 56.9 Å². The van der Waals surface area contributed by atoms with Crippen LogP contribution in [0.25, 0.3) is 32.1 Å². The van der Waals surface area contributed by atoms with Crippen molar-refractivity contribution in [3.05, 3.63) is 41.0 Å². The van der Waals surface area contributed by atoms with Gasteiger partial charge in [0.15, 0.2) is 5.82 Å². The summed E-state index contributed by atoms with van der Waals surface area (Å²) >= 11 is 0.714. The van der Waals surface area contributed by atoms with E-state index in [0.717, 1.165) is 37.6 Å². The molecule has 9 nitrogen and oxygen atoms in total. The Morgan fingerprint density at radius 2 is 1.84 bits per heavy atom. The standard InChI is InChI=1S/C25H19F5N6OS.C5H12N2/c1-37-24-34-20-13(23(35-24)36-8-10-2-3-11(9-36)33-10)6-15(25(28,29)30)18(19(20)27)12-4-5-16(26)21-17(12)14(7-31)22(32)38-21;1-5-3-2-4-7(5)6/h4-6,10-11,33H,2-3,8-9,32H2,1H3;5H,2-4,6H2,1H3. The summed E-state index contributed by atoms with van der Waals surface area (Å²) in [5.41, 5.74) is 2.82. The molecule has 45 heavy (non-hydrogen) atoms. The molecule has 3 unspecified atom stereocenters. The number of hydrazine groups is 1. The molecule has 0 saturated carbocycles.